The number of rotatable bonds is 1. The van der Waals surface area contributed by atoms with Crippen molar-refractivity contribution in [1.29, 1.82) is 0 Å². The van der Waals surface area contributed by atoms with E-state index in [9.17, 15) is 0 Å². The molecular formula is C14H10BrN3. The highest BCUT2D eigenvalue weighted by Gasteiger charge is 2.03. The standard InChI is InChI=1S/C14H10BrN3/c1-9-2-4-10(5-3-9)13-8-16-12-6-11(15)7-17-14(12)18-13/h2-8H,1H3. The van der Waals surface area contributed by atoms with E-state index in [-0.39, 0.29) is 0 Å². The van der Waals surface area contributed by atoms with Crippen LogP contribution in [0.5, 0.6) is 0 Å². The molecule has 0 aliphatic heterocycles. The maximum absolute atomic E-state index is 4.52. The summed E-state index contributed by atoms with van der Waals surface area (Å²) in [7, 11) is 0. The molecule has 0 aliphatic rings. The van der Waals surface area contributed by atoms with E-state index < -0.39 is 0 Å². The molecule has 3 rings (SSSR count). The Morgan fingerprint density at radius 3 is 2.56 bits per heavy atom. The van der Waals surface area contributed by atoms with E-state index in [0.717, 1.165) is 21.2 Å². The number of benzene rings is 1. The number of nitrogens with zero attached hydrogens (tertiary/aromatic N) is 3. The Labute approximate surface area is 113 Å². The SMILES string of the molecule is Cc1ccc(-c2cnc3cc(Br)cnc3n2)cc1. The number of fused-ring (bicyclic) bond motifs is 1. The van der Waals surface area contributed by atoms with E-state index in [4.69, 9.17) is 0 Å². The van der Waals surface area contributed by atoms with Gasteiger partial charge in [0, 0.05) is 16.2 Å². The second kappa shape index (κ2) is 4.46. The number of pyridine rings is 1. The summed E-state index contributed by atoms with van der Waals surface area (Å²) in [5.74, 6) is 0. The minimum absolute atomic E-state index is 0.663. The van der Waals surface area contributed by atoms with Gasteiger partial charge in [0.05, 0.1) is 11.9 Å². The molecule has 0 radical (unpaired) electrons. The Morgan fingerprint density at radius 1 is 1.00 bits per heavy atom. The molecule has 2 aromatic heterocycles. The van der Waals surface area contributed by atoms with Crippen molar-refractivity contribution in [3.05, 3.63) is 52.8 Å². The van der Waals surface area contributed by atoms with E-state index in [0.29, 0.717) is 5.65 Å². The predicted molar refractivity (Wildman–Crippen MR) is 75.2 cm³/mol. The summed E-state index contributed by atoms with van der Waals surface area (Å²) in [6.07, 6.45) is 3.51. The molecular weight excluding hydrogens is 290 g/mol. The molecule has 0 spiro atoms. The Morgan fingerprint density at radius 2 is 1.78 bits per heavy atom. The summed E-state index contributed by atoms with van der Waals surface area (Å²) in [5.41, 5.74) is 4.59. The van der Waals surface area contributed by atoms with E-state index in [1.807, 2.05) is 18.2 Å². The lowest BCUT2D eigenvalue weighted by Gasteiger charge is -2.02. The zero-order chi connectivity index (χ0) is 12.5. The van der Waals surface area contributed by atoms with Crippen LogP contribution in [-0.4, -0.2) is 15.0 Å². The first-order valence-corrected chi connectivity index (χ1v) is 6.37. The molecule has 2 heterocycles. The largest absolute Gasteiger partial charge is 0.251 e. The molecule has 0 fully saturated rings. The first-order valence-electron chi connectivity index (χ1n) is 5.58. The fourth-order valence-corrected chi connectivity index (χ4v) is 2.06. The monoisotopic (exact) mass is 299 g/mol. The Balaban J connectivity index is 2.13. The summed E-state index contributed by atoms with van der Waals surface area (Å²) < 4.78 is 0.910. The lowest BCUT2D eigenvalue weighted by atomic mass is 10.1. The van der Waals surface area contributed by atoms with E-state index in [1.165, 1.54) is 5.56 Å². The minimum Gasteiger partial charge on any atom is -0.251 e. The summed E-state index contributed by atoms with van der Waals surface area (Å²) in [6.45, 7) is 2.06. The van der Waals surface area contributed by atoms with Crippen molar-refractivity contribution in [2.24, 2.45) is 0 Å². The third-order valence-corrected chi connectivity index (χ3v) is 3.15. The van der Waals surface area contributed by atoms with Gasteiger partial charge in [0.15, 0.2) is 5.65 Å². The summed E-state index contributed by atoms with van der Waals surface area (Å²) >= 11 is 3.37. The summed E-state index contributed by atoms with van der Waals surface area (Å²) in [4.78, 5) is 13.2. The smallest absolute Gasteiger partial charge is 0.178 e. The predicted octanol–water partition coefficient (Wildman–Crippen LogP) is 3.76. The molecule has 3 aromatic rings. The van der Waals surface area contributed by atoms with Gasteiger partial charge in [-0.1, -0.05) is 29.8 Å². The van der Waals surface area contributed by atoms with Gasteiger partial charge in [0.1, 0.15) is 5.52 Å². The minimum atomic E-state index is 0.663. The van der Waals surface area contributed by atoms with Crippen molar-refractivity contribution in [1.82, 2.24) is 15.0 Å². The highest BCUT2D eigenvalue weighted by Crippen LogP contribution is 2.20. The quantitative estimate of drug-likeness (QED) is 0.687. The van der Waals surface area contributed by atoms with Gasteiger partial charge in [-0.15, -0.1) is 0 Å². The fourth-order valence-electron chi connectivity index (χ4n) is 1.74. The molecule has 88 valence electrons. The van der Waals surface area contributed by atoms with Gasteiger partial charge in [-0.25, -0.2) is 9.97 Å². The van der Waals surface area contributed by atoms with Crippen molar-refractivity contribution < 1.29 is 0 Å². The number of hydrogen-bond acceptors (Lipinski definition) is 3. The molecule has 4 heteroatoms. The normalized spacial score (nSPS) is 10.8. The van der Waals surface area contributed by atoms with E-state index in [2.05, 4.69) is 49.9 Å². The zero-order valence-corrected chi connectivity index (χ0v) is 11.3. The Hall–Kier alpha value is -1.81. The lowest BCUT2D eigenvalue weighted by molar-refractivity contribution is 1.22. The van der Waals surface area contributed by atoms with Gasteiger partial charge in [-0.3, -0.25) is 4.98 Å². The van der Waals surface area contributed by atoms with Gasteiger partial charge in [-0.2, -0.15) is 0 Å². The molecule has 0 bridgehead atoms. The van der Waals surface area contributed by atoms with Crippen LogP contribution in [0.2, 0.25) is 0 Å². The van der Waals surface area contributed by atoms with Crippen LogP contribution in [0.3, 0.4) is 0 Å². The third kappa shape index (κ3) is 2.11. The van der Waals surface area contributed by atoms with E-state index >= 15 is 0 Å². The van der Waals surface area contributed by atoms with E-state index in [1.54, 1.807) is 12.4 Å². The maximum atomic E-state index is 4.52. The average molecular weight is 300 g/mol. The highest BCUT2D eigenvalue weighted by molar-refractivity contribution is 9.10. The molecule has 0 saturated heterocycles. The van der Waals surface area contributed by atoms with Crippen molar-refractivity contribution in [3.63, 3.8) is 0 Å². The van der Waals surface area contributed by atoms with Crippen LogP contribution < -0.4 is 0 Å². The Kier molecular flexibility index (Phi) is 2.80. The van der Waals surface area contributed by atoms with Crippen LogP contribution in [0, 0.1) is 6.92 Å². The molecule has 0 atom stereocenters. The second-order valence-corrected chi connectivity index (χ2v) is 5.03. The summed E-state index contributed by atoms with van der Waals surface area (Å²) in [5, 5.41) is 0. The van der Waals surface area contributed by atoms with Crippen molar-refractivity contribution in [2.45, 2.75) is 6.92 Å². The van der Waals surface area contributed by atoms with Gasteiger partial charge in [0.2, 0.25) is 0 Å². The first-order chi connectivity index (χ1) is 8.72. The molecule has 0 unspecified atom stereocenters. The second-order valence-electron chi connectivity index (χ2n) is 4.12. The topological polar surface area (TPSA) is 38.7 Å². The first kappa shape index (κ1) is 11.3. The molecule has 0 saturated carbocycles. The molecule has 0 amide bonds. The molecule has 1 aromatic carbocycles. The van der Waals surface area contributed by atoms with Crippen LogP contribution >= 0.6 is 15.9 Å². The van der Waals surface area contributed by atoms with Gasteiger partial charge in [-0.05, 0) is 28.9 Å². The molecule has 3 nitrogen and oxygen atoms in total. The third-order valence-electron chi connectivity index (χ3n) is 2.71. The number of aryl methyl sites for hydroxylation is 1. The maximum Gasteiger partial charge on any atom is 0.178 e. The number of aromatic nitrogens is 3. The number of hydrogen-bond donors (Lipinski definition) is 0. The molecule has 0 aliphatic carbocycles. The fraction of sp³-hybridized carbons (Fsp3) is 0.0714. The van der Waals surface area contributed by atoms with Crippen molar-refractivity contribution in [3.8, 4) is 11.3 Å². The summed E-state index contributed by atoms with van der Waals surface area (Å²) in [6, 6.07) is 10.1. The average Bonchev–Trinajstić information content (AvgIpc) is 2.39. The van der Waals surface area contributed by atoms with Crippen LogP contribution in [-0.2, 0) is 0 Å². The highest BCUT2D eigenvalue weighted by atomic mass is 79.9. The lowest BCUT2D eigenvalue weighted by Crippen LogP contribution is -1.91. The van der Waals surface area contributed by atoms with Crippen LogP contribution in [0.15, 0.2) is 47.2 Å². The number of halogens is 1. The molecule has 0 N–H and O–H groups in total. The van der Waals surface area contributed by atoms with Gasteiger partial charge >= 0.3 is 0 Å². The van der Waals surface area contributed by atoms with Gasteiger partial charge < -0.3 is 0 Å². The van der Waals surface area contributed by atoms with Crippen LogP contribution in [0.25, 0.3) is 22.4 Å². The zero-order valence-electron chi connectivity index (χ0n) is 9.76. The van der Waals surface area contributed by atoms with Crippen LogP contribution in [0.1, 0.15) is 5.56 Å². The van der Waals surface area contributed by atoms with Crippen LogP contribution in [0.4, 0.5) is 0 Å². The van der Waals surface area contributed by atoms with Crippen molar-refractivity contribution in [2.75, 3.05) is 0 Å². The van der Waals surface area contributed by atoms with Crippen molar-refractivity contribution >= 4 is 27.1 Å². The Bertz CT molecular complexity index is 708. The van der Waals surface area contributed by atoms with Gasteiger partial charge in [0.25, 0.3) is 0 Å². The molecule has 18 heavy (non-hydrogen) atoms.